The number of ether oxygens (including phenoxy) is 1. The third kappa shape index (κ3) is 3.06. The van der Waals surface area contributed by atoms with Crippen molar-refractivity contribution in [3.8, 4) is 5.75 Å². The van der Waals surface area contributed by atoms with Gasteiger partial charge in [-0.15, -0.1) is 11.6 Å². The lowest BCUT2D eigenvalue weighted by Crippen LogP contribution is -2.11. The van der Waals surface area contributed by atoms with Crippen molar-refractivity contribution in [3.63, 3.8) is 0 Å². The molecular formula is C10H11ClFNO3. The van der Waals surface area contributed by atoms with Crippen LogP contribution >= 0.6 is 11.6 Å². The van der Waals surface area contributed by atoms with E-state index in [1.807, 2.05) is 0 Å². The van der Waals surface area contributed by atoms with Crippen LogP contribution in [0.25, 0.3) is 0 Å². The van der Waals surface area contributed by atoms with Crippen molar-refractivity contribution in [2.75, 3.05) is 12.5 Å². The molecule has 1 aromatic rings. The largest absolute Gasteiger partial charge is 0.484 e. The molecule has 6 heteroatoms. The Bertz CT molecular complexity index is 386. The van der Waals surface area contributed by atoms with Crippen LogP contribution in [0.2, 0.25) is 0 Å². The fraction of sp³-hybridized carbons (Fsp3) is 0.400. The third-order valence-corrected chi connectivity index (χ3v) is 2.45. The summed E-state index contributed by atoms with van der Waals surface area (Å²) in [7, 11) is 0. The second-order valence-corrected chi connectivity index (χ2v) is 3.72. The molecule has 0 saturated heterocycles. The molecule has 1 atom stereocenters. The summed E-state index contributed by atoms with van der Waals surface area (Å²) in [6.45, 7) is 1.95. The van der Waals surface area contributed by atoms with E-state index in [2.05, 4.69) is 0 Å². The average molecular weight is 248 g/mol. The number of benzene rings is 1. The molecule has 0 fully saturated rings. The van der Waals surface area contributed by atoms with Crippen LogP contribution in [0.3, 0.4) is 0 Å². The van der Waals surface area contributed by atoms with Gasteiger partial charge in [-0.05, 0) is 6.07 Å². The number of rotatable bonds is 5. The van der Waals surface area contributed by atoms with E-state index in [0.717, 1.165) is 6.07 Å². The average Bonchev–Trinajstić information content (AvgIpc) is 2.26. The molecule has 0 N–H and O–H groups in total. The van der Waals surface area contributed by atoms with Crippen LogP contribution in [0.4, 0.5) is 10.1 Å². The molecule has 0 aliphatic carbocycles. The van der Waals surface area contributed by atoms with Gasteiger partial charge in [-0.25, -0.2) is 4.39 Å². The van der Waals surface area contributed by atoms with Gasteiger partial charge in [0, 0.05) is 17.9 Å². The molecule has 1 aromatic carbocycles. The number of halogens is 2. The maximum absolute atomic E-state index is 13.3. The standard InChI is InChI=1S/C10H11ClFNO3/c1-7(5-11)6-16-10-8(12)3-2-4-9(10)13(14)15/h2-4,7H,5-6H2,1H3. The van der Waals surface area contributed by atoms with Crippen molar-refractivity contribution in [1.29, 1.82) is 0 Å². The van der Waals surface area contributed by atoms with Gasteiger partial charge in [0.1, 0.15) is 0 Å². The number of nitro benzene ring substituents is 1. The number of hydrogen-bond donors (Lipinski definition) is 0. The maximum Gasteiger partial charge on any atom is 0.314 e. The Balaban J connectivity index is 2.88. The van der Waals surface area contributed by atoms with Crippen LogP contribution < -0.4 is 4.74 Å². The summed E-state index contributed by atoms with van der Waals surface area (Å²) in [6.07, 6.45) is 0. The summed E-state index contributed by atoms with van der Waals surface area (Å²) in [4.78, 5) is 9.94. The maximum atomic E-state index is 13.3. The van der Waals surface area contributed by atoms with Crippen molar-refractivity contribution in [3.05, 3.63) is 34.1 Å². The van der Waals surface area contributed by atoms with Crippen LogP contribution in [-0.2, 0) is 0 Å². The van der Waals surface area contributed by atoms with Crippen molar-refractivity contribution in [1.82, 2.24) is 0 Å². The zero-order chi connectivity index (χ0) is 12.1. The molecule has 0 spiro atoms. The number of nitro groups is 1. The monoisotopic (exact) mass is 247 g/mol. The first kappa shape index (κ1) is 12.7. The molecular weight excluding hydrogens is 237 g/mol. The Morgan fingerprint density at radius 3 is 2.88 bits per heavy atom. The van der Waals surface area contributed by atoms with Crippen molar-refractivity contribution >= 4 is 17.3 Å². The van der Waals surface area contributed by atoms with Gasteiger partial charge in [-0.2, -0.15) is 0 Å². The topological polar surface area (TPSA) is 52.4 Å². The smallest absolute Gasteiger partial charge is 0.314 e. The lowest BCUT2D eigenvalue weighted by Gasteiger charge is -2.10. The van der Waals surface area contributed by atoms with Crippen molar-refractivity contribution in [2.24, 2.45) is 5.92 Å². The molecule has 0 amide bonds. The fourth-order valence-corrected chi connectivity index (χ4v) is 1.14. The summed E-state index contributed by atoms with van der Waals surface area (Å²) in [6, 6.07) is 3.59. The van der Waals surface area contributed by atoms with E-state index in [9.17, 15) is 14.5 Å². The molecule has 0 aromatic heterocycles. The van der Waals surface area contributed by atoms with Crippen LogP contribution in [0.1, 0.15) is 6.92 Å². The van der Waals surface area contributed by atoms with Crippen molar-refractivity contribution < 1.29 is 14.1 Å². The zero-order valence-corrected chi connectivity index (χ0v) is 9.41. The first-order chi connectivity index (χ1) is 7.56. The Labute approximate surface area is 97.1 Å². The van der Waals surface area contributed by atoms with Gasteiger partial charge in [-0.3, -0.25) is 10.1 Å². The van der Waals surface area contributed by atoms with E-state index < -0.39 is 10.7 Å². The highest BCUT2D eigenvalue weighted by Crippen LogP contribution is 2.29. The fourth-order valence-electron chi connectivity index (χ4n) is 1.05. The lowest BCUT2D eigenvalue weighted by molar-refractivity contribution is -0.386. The quantitative estimate of drug-likeness (QED) is 0.457. The van der Waals surface area contributed by atoms with Gasteiger partial charge in [0.2, 0.25) is 5.75 Å². The minimum Gasteiger partial charge on any atom is -0.484 e. The second kappa shape index (κ2) is 5.65. The van der Waals surface area contributed by atoms with Crippen LogP contribution in [0.15, 0.2) is 18.2 Å². The molecule has 0 aliphatic rings. The first-order valence-electron chi connectivity index (χ1n) is 4.68. The molecule has 0 radical (unpaired) electrons. The highest BCUT2D eigenvalue weighted by atomic mass is 35.5. The molecule has 0 bridgehead atoms. The van der Waals surface area contributed by atoms with Gasteiger partial charge in [0.15, 0.2) is 5.82 Å². The molecule has 1 unspecified atom stereocenters. The normalized spacial score (nSPS) is 12.2. The number of para-hydroxylation sites is 1. The molecule has 0 heterocycles. The molecule has 0 saturated carbocycles. The SMILES string of the molecule is CC(CCl)COc1c(F)cccc1[N+](=O)[O-]. The zero-order valence-electron chi connectivity index (χ0n) is 8.65. The van der Waals surface area contributed by atoms with E-state index in [0.29, 0.717) is 5.88 Å². The molecule has 4 nitrogen and oxygen atoms in total. The van der Waals surface area contributed by atoms with Gasteiger partial charge >= 0.3 is 5.69 Å². The Hall–Kier alpha value is -1.36. The Morgan fingerprint density at radius 1 is 1.62 bits per heavy atom. The van der Waals surface area contributed by atoms with Crippen molar-refractivity contribution in [2.45, 2.75) is 6.92 Å². The van der Waals surface area contributed by atoms with E-state index in [1.54, 1.807) is 6.92 Å². The summed E-state index contributed by atoms with van der Waals surface area (Å²) in [5.74, 6) is -0.719. The lowest BCUT2D eigenvalue weighted by atomic mass is 10.2. The van der Waals surface area contributed by atoms with E-state index in [1.165, 1.54) is 12.1 Å². The van der Waals surface area contributed by atoms with E-state index in [4.69, 9.17) is 16.3 Å². The minimum absolute atomic E-state index is 0.000812. The summed E-state index contributed by atoms with van der Waals surface area (Å²) < 4.78 is 18.4. The highest BCUT2D eigenvalue weighted by Gasteiger charge is 2.19. The number of hydrogen-bond acceptors (Lipinski definition) is 3. The molecule has 0 aliphatic heterocycles. The van der Waals surface area contributed by atoms with E-state index in [-0.39, 0.29) is 24.0 Å². The summed E-state index contributed by atoms with van der Waals surface area (Å²) >= 11 is 5.55. The summed E-state index contributed by atoms with van der Waals surface area (Å²) in [5, 5.41) is 10.6. The number of alkyl halides is 1. The highest BCUT2D eigenvalue weighted by molar-refractivity contribution is 6.18. The molecule has 1 rings (SSSR count). The Kier molecular flexibility index (Phi) is 4.49. The predicted molar refractivity (Wildman–Crippen MR) is 58.4 cm³/mol. The summed E-state index contributed by atoms with van der Waals surface area (Å²) in [5.41, 5.74) is -0.373. The van der Waals surface area contributed by atoms with Crippen LogP contribution in [0.5, 0.6) is 5.75 Å². The van der Waals surface area contributed by atoms with E-state index >= 15 is 0 Å². The second-order valence-electron chi connectivity index (χ2n) is 3.42. The van der Waals surface area contributed by atoms with Gasteiger partial charge < -0.3 is 4.74 Å². The van der Waals surface area contributed by atoms with Gasteiger partial charge in [0.25, 0.3) is 0 Å². The Morgan fingerprint density at radius 2 is 2.31 bits per heavy atom. The first-order valence-corrected chi connectivity index (χ1v) is 5.21. The third-order valence-electron chi connectivity index (χ3n) is 1.92. The minimum atomic E-state index is -0.740. The van der Waals surface area contributed by atoms with Gasteiger partial charge in [0.05, 0.1) is 11.5 Å². The van der Waals surface area contributed by atoms with Crippen LogP contribution in [-0.4, -0.2) is 17.4 Å². The number of nitrogens with zero attached hydrogens (tertiary/aromatic N) is 1. The predicted octanol–water partition coefficient (Wildman–Crippen LogP) is 2.99. The molecule has 88 valence electrons. The van der Waals surface area contributed by atoms with Gasteiger partial charge in [-0.1, -0.05) is 13.0 Å². The van der Waals surface area contributed by atoms with Crippen LogP contribution in [0, 0.1) is 21.8 Å². The molecule has 16 heavy (non-hydrogen) atoms.